The summed E-state index contributed by atoms with van der Waals surface area (Å²) in [5, 5.41) is 2.81. The average molecular weight is 277 g/mol. The van der Waals surface area contributed by atoms with Crippen LogP contribution in [0.15, 0.2) is 18.2 Å². The minimum absolute atomic E-state index is 0.0599. The van der Waals surface area contributed by atoms with E-state index in [2.05, 4.69) is 5.32 Å². The van der Waals surface area contributed by atoms with Gasteiger partial charge in [-0.05, 0) is 38.0 Å². The first kappa shape index (κ1) is 14.1. The Hall–Kier alpha value is -1.30. The fraction of sp³-hybridized carbons (Fsp3) is 0.538. The molecule has 2 nitrogen and oxygen atoms in total. The van der Waals surface area contributed by atoms with Crippen LogP contribution in [0, 0.1) is 5.82 Å². The molecule has 1 saturated heterocycles. The number of hydrogen-bond donors (Lipinski definition) is 1. The molecule has 1 N–H and O–H groups in total. The molecule has 6 heteroatoms. The molecule has 0 bridgehead atoms. The topological polar surface area (TPSA) is 21.3 Å². The summed E-state index contributed by atoms with van der Waals surface area (Å²) in [7, 11) is 0. The van der Waals surface area contributed by atoms with Crippen molar-refractivity contribution in [3.05, 3.63) is 29.6 Å². The van der Waals surface area contributed by atoms with Crippen molar-refractivity contribution in [2.24, 2.45) is 0 Å². The number of nitrogens with one attached hydrogen (secondary N) is 1. The molecular weight excluding hydrogens is 262 g/mol. The fourth-order valence-electron chi connectivity index (χ4n) is 2.09. The Morgan fingerprint density at radius 1 is 1.37 bits per heavy atom. The second kappa shape index (κ2) is 5.00. The third-order valence-corrected chi connectivity index (χ3v) is 3.25. The minimum atomic E-state index is -4.53. The molecular formula is C13H15F4NO. The van der Waals surface area contributed by atoms with Crippen molar-refractivity contribution in [2.75, 3.05) is 18.5 Å². The van der Waals surface area contributed by atoms with Gasteiger partial charge in [0.1, 0.15) is 5.82 Å². The zero-order chi connectivity index (χ0) is 14.1. The van der Waals surface area contributed by atoms with E-state index in [1.54, 1.807) is 0 Å². The summed E-state index contributed by atoms with van der Waals surface area (Å²) in [6.07, 6.45) is -2.74. The third-order valence-electron chi connectivity index (χ3n) is 3.25. The van der Waals surface area contributed by atoms with Crippen LogP contribution in [0.2, 0.25) is 0 Å². The molecule has 0 aliphatic carbocycles. The molecule has 1 aromatic rings. The van der Waals surface area contributed by atoms with E-state index in [1.165, 1.54) is 0 Å². The summed E-state index contributed by atoms with van der Waals surface area (Å²) < 4.78 is 56.2. The van der Waals surface area contributed by atoms with Crippen molar-refractivity contribution >= 4 is 5.69 Å². The van der Waals surface area contributed by atoms with Crippen LogP contribution in [0.5, 0.6) is 0 Å². The number of halogens is 4. The van der Waals surface area contributed by atoms with Gasteiger partial charge in [-0.2, -0.15) is 13.2 Å². The van der Waals surface area contributed by atoms with E-state index in [0.29, 0.717) is 19.2 Å². The quantitative estimate of drug-likeness (QED) is 0.848. The molecule has 1 heterocycles. The Morgan fingerprint density at radius 2 is 2.11 bits per heavy atom. The van der Waals surface area contributed by atoms with Gasteiger partial charge in [-0.1, -0.05) is 0 Å². The highest BCUT2D eigenvalue weighted by molar-refractivity contribution is 5.47. The van der Waals surface area contributed by atoms with Crippen LogP contribution in [-0.2, 0) is 10.9 Å². The molecule has 19 heavy (non-hydrogen) atoms. The summed E-state index contributed by atoms with van der Waals surface area (Å²) in [6.45, 7) is 2.93. The molecule has 1 aliphatic heterocycles. The largest absolute Gasteiger partial charge is 0.416 e. The molecule has 0 amide bonds. The van der Waals surface area contributed by atoms with Crippen LogP contribution in [0.3, 0.4) is 0 Å². The maximum absolute atomic E-state index is 13.6. The molecule has 2 rings (SSSR count). The molecule has 0 aromatic heterocycles. The van der Waals surface area contributed by atoms with E-state index >= 15 is 0 Å². The van der Waals surface area contributed by atoms with Crippen molar-refractivity contribution in [3.8, 4) is 0 Å². The molecule has 1 unspecified atom stereocenters. The van der Waals surface area contributed by atoms with Crippen molar-refractivity contribution in [1.29, 1.82) is 0 Å². The van der Waals surface area contributed by atoms with Gasteiger partial charge in [0.05, 0.1) is 16.9 Å². The average Bonchev–Trinajstić information content (AvgIpc) is 2.74. The van der Waals surface area contributed by atoms with Crippen LogP contribution < -0.4 is 5.32 Å². The maximum atomic E-state index is 13.6. The Morgan fingerprint density at radius 3 is 2.63 bits per heavy atom. The Labute approximate surface area is 108 Å². The lowest BCUT2D eigenvalue weighted by Crippen LogP contribution is -2.32. The van der Waals surface area contributed by atoms with Gasteiger partial charge in [0, 0.05) is 13.2 Å². The number of hydrogen-bond acceptors (Lipinski definition) is 2. The van der Waals surface area contributed by atoms with Crippen LogP contribution in [0.25, 0.3) is 0 Å². The van der Waals surface area contributed by atoms with Crippen LogP contribution in [-0.4, -0.2) is 18.8 Å². The first-order valence-electron chi connectivity index (χ1n) is 6.05. The Balaban J connectivity index is 2.05. The highest BCUT2D eigenvalue weighted by Crippen LogP contribution is 2.32. The van der Waals surface area contributed by atoms with Gasteiger partial charge >= 0.3 is 6.18 Å². The van der Waals surface area contributed by atoms with E-state index in [-0.39, 0.29) is 11.3 Å². The second-order valence-corrected chi connectivity index (χ2v) is 4.95. The van der Waals surface area contributed by atoms with Crippen molar-refractivity contribution in [1.82, 2.24) is 0 Å². The Kier molecular flexibility index (Phi) is 3.71. The summed E-state index contributed by atoms with van der Waals surface area (Å²) >= 11 is 0. The molecule has 1 aliphatic rings. The summed E-state index contributed by atoms with van der Waals surface area (Å²) in [5.41, 5.74) is -1.31. The highest BCUT2D eigenvalue weighted by atomic mass is 19.4. The molecule has 1 aromatic carbocycles. The lowest BCUT2D eigenvalue weighted by molar-refractivity contribution is -0.137. The lowest BCUT2D eigenvalue weighted by atomic mass is 10.0. The SMILES string of the molecule is CC1(CNc2ccc(C(F)(F)F)cc2F)CCCO1. The van der Waals surface area contributed by atoms with Crippen LogP contribution in [0.1, 0.15) is 25.3 Å². The summed E-state index contributed by atoms with van der Waals surface area (Å²) in [4.78, 5) is 0. The number of ether oxygens (including phenoxy) is 1. The fourth-order valence-corrected chi connectivity index (χ4v) is 2.09. The van der Waals surface area contributed by atoms with E-state index < -0.39 is 17.6 Å². The molecule has 0 saturated carbocycles. The van der Waals surface area contributed by atoms with Crippen molar-refractivity contribution in [3.63, 3.8) is 0 Å². The smallest absolute Gasteiger partial charge is 0.380 e. The van der Waals surface area contributed by atoms with Crippen LogP contribution >= 0.6 is 0 Å². The van der Waals surface area contributed by atoms with Gasteiger partial charge in [0.15, 0.2) is 0 Å². The predicted octanol–water partition coefficient (Wildman–Crippen LogP) is 3.83. The molecule has 0 radical (unpaired) electrons. The monoisotopic (exact) mass is 277 g/mol. The number of alkyl halides is 3. The molecule has 0 spiro atoms. The zero-order valence-electron chi connectivity index (χ0n) is 10.5. The van der Waals surface area contributed by atoms with E-state index in [4.69, 9.17) is 4.74 Å². The first-order valence-corrected chi connectivity index (χ1v) is 6.05. The van der Waals surface area contributed by atoms with Gasteiger partial charge in [0.2, 0.25) is 0 Å². The third kappa shape index (κ3) is 3.37. The standard InChI is InChI=1S/C13H15F4NO/c1-12(5-2-6-19-12)8-18-11-4-3-9(7-10(11)14)13(15,16)17/h3-4,7,18H,2,5-6,8H2,1H3. The predicted molar refractivity (Wildman–Crippen MR) is 63.5 cm³/mol. The molecule has 106 valence electrons. The van der Waals surface area contributed by atoms with E-state index in [0.717, 1.165) is 25.0 Å². The van der Waals surface area contributed by atoms with Gasteiger partial charge < -0.3 is 10.1 Å². The van der Waals surface area contributed by atoms with E-state index in [1.807, 2.05) is 6.92 Å². The highest BCUT2D eigenvalue weighted by Gasteiger charge is 2.32. The molecule has 1 fully saturated rings. The lowest BCUT2D eigenvalue weighted by Gasteiger charge is -2.24. The number of benzene rings is 1. The van der Waals surface area contributed by atoms with Crippen molar-refractivity contribution in [2.45, 2.75) is 31.5 Å². The summed E-state index contributed by atoms with van der Waals surface area (Å²) in [6, 6.07) is 2.47. The van der Waals surface area contributed by atoms with Crippen LogP contribution in [0.4, 0.5) is 23.2 Å². The van der Waals surface area contributed by atoms with Gasteiger partial charge in [-0.15, -0.1) is 0 Å². The number of anilines is 1. The zero-order valence-corrected chi connectivity index (χ0v) is 10.5. The maximum Gasteiger partial charge on any atom is 0.416 e. The van der Waals surface area contributed by atoms with Gasteiger partial charge in [-0.25, -0.2) is 4.39 Å². The van der Waals surface area contributed by atoms with E-state index in [9.17, 15) is 17.6 Å². The van der Waals surface area contributed by atoms with Gasteiger partial charge in [0.25, 0.3) is 0 Å². The number of rotatable bonds is 3. The second-order valence-electron chi connectivity index (χ2n) is 4.95. The first-order chi connectivity index (χ1) is 8.80. The Bertz CT molecular complexity index is 452. The summed E-state index contributed by atoms with van der Waals surface area (Å²) in [5.74, 6) is -0.906. The van der Waals surface area contributed by atoms with Gasteiger partial charge in [-0.3, -0.25) is 0 Å². The van der Waals surface area contributed by atoms with Crippen molar-refractivity contribution < 1.29 is 22.3 Å². The minimum Gasteiger partial charge on any atom is -0.380 e. The normalized spacial score (nSPS) is 23.6. The molecule has 1 atom stereocenters.